The van der Waals surface area contributed by atoms with Gasteiger partial charge in [-0.3, -0.25) is 4.70 Å². The molecule has 6 heavy (non-hydrogen) atoms. The first kappa shape index (κ1) is 9.45. The van der Waals surface area contributed by atoms with Gasteiger partial charge in [-0.15, -0.1) is 0 Å². The summed E-state index contributed by atoms with van der Waals surface area (Å²) in [5.41, 5.74) is 0. The van der Waals surface area contributed by atoms with Gasteiger partial charge in [-0.25, -0.2) is 0 Å². The van der Waals surface area contributed by atoms with Crippen LogP contribution in [0.5, 0.6) is 0 Å². The first-order valence-electron chi connectivity index (χ1n) is 2.41. The summed E-state index contributed by atoms with van der Waals surface area (Å²) in [7, 11) is 4.94. The van der Waals surface area contributed by atoms with Crippen LogP contribution in [0.2, 0.25) is 6.32 Å². The van der Waals surface area contributed by atoms with Gasteiger partial charge < -0.3 is 0 Å². The van der Waals surface area contributed by atoms with E-state index in [-0.39, 0.29) is 4.70 Å². The van der Waals surface area contributed by atoms with Gasteiger partial charge >= 0.3 is 0 Å². The van der Waals surface area contributed by atoms with Gasteiger partial charge in [0.05, 0.1) is 22.0 Å². The molecule has 0 unspecified atom stereocenters. The van der Waals surface area contributed by atoms with Gasteiger partial charge in [0, 0.05) is 0 Å². The summed E-state index contributed by atoms with van der Waals surface area (Å²) >= 11 is 0. The molecule has 4 heteroatoms. The summed E-state index contributed by atoms with van der Waals surface area (Å²) in [6.45, 7) is 2.21. The summed E-state index contributed by atoms with van der Waals surface area (Å²) in [5, 5.41) is 0. The fourth-order valence-corrected chi connectivity index (χ4v) is 0.354. The summed E-state index contributed by atoms with van der Waals surface area (Å²) in [4.78, 5) is 0. The Bertz CT molecular complexity index is 16.3. The second kappa shape index (κ2) is 8.93. The quantitative estimate of drug-likeness (QED) is 0.374. The molecule has 0 bridgehead atoms. The van der Waals surface area contributed by atoms with Gasteiger partial charge in [-0.05, 0) is 0 Å². The molecule has 0 aliphatic heterocycles. The van der Waals surface area contributed by atoms with E-state index in [4.69, 9.17) is 0 Å². The van der Waals surface area contributed by atoms with Crippen molar-refractivity contribution in [1.82, 2.24) is 0 Å². The summed E-state index contributed by atoms with van der Waals surface area (Å²) in [6, 6.07) is 0. The Morgan fingerprint density at radius 1 is 1.67 bits per heavy atom. The molecule has 0 spiro atoms. The number of hydrogen-bond donors (Lipinski definition) is 0. The molecule has 0 nitrogen and oxygen atoms in total. The van der Waals surface area contributed by atoms with Crippen LogP contribution in [0, 0.1) is 0 Å². The number of halogens is 1. The maximum atomic E-state index is 2.21. The highest BCUT2D eigenvalue weighted by Gasteiger charge is 1.75. The fourth-order valence-electron chi connectivity index (χ4n) is 0.354. The Labute approximate surface area is 40.9 Å². The Morgan fingerprint density at radius 3 is 2.17 bits per heavy atom. The van der Waals surface area contributed by atoms with Crippen LogP contribution in [0.3, 0.4) is 0 Å². The molecule has 0 N–H and O–H groups in total. The molecule has 0 rings (SSSR count). The van der Waals surface area contributed by atoms with Crippen molar-refractivity contribution >= 4 is 22.0 Å². The average Bonchev–Trinajstić information content (AvgIpc) is 1.41. The predicted octanol–water partition coefficient (Wildman–Crippen LogP) is -1.09. The number of rotatable bonds is 2. The van der Waals surface area contributed by atoms with Crippen molar-refractivity contribution < 1.29 is 4.70 Å². The smallest absolute Gasteiger partial charge is 0.0776 e. The van der Waals surface area contributed by atoms with E-state index < -0.39 is 0 Å². The largest absolute Gasteiger partial charge is 0.269 e. The predicted molar refractivity (Wildman–Crippen MR) is 35.8 cm³/mol. The van der Waals surface area contributed by atoms with Crippen LogP contribution >= 0.6 is 0 Å². The van der Waals surface area contributed by atoms with E-state index in [2.05, 4.69) is 14.7 Å². The average molecular weight is 85.5 g/mol. The lowest BCUT2D eigenvalue weighted by molar-refractivity contribution is 1.11. The van der Waals surface area contributed by atoms with Crippen LogP contribution < -0.4 is 0 Å². The van der Waals surface area contributed by atoms with Crippen molar-refractivity contribution in [2.75, 3.05) is 0 Å². The van der Waals surface area contributed by atoms with Crippen LogP contribution in [0.4, 0.5) is 4.70 Å². The molecule has 0 aromatic carbocycles. The highest BCUT2D eigenvalue weighted by Crippen LogP contribution is 1.63. The summed E-state index contributed by atoms with van der Waals surface area (Å²) in [5.74, 6) is 0. The highest BCUT2D eigenvalue weighted by molar-refractivity contribution is 7.23. The molecule has 0 amide bonds. The fraction of sp³-hybridized carbons (Fsp3) is 1.00. The van der Waals surface area contributed by atoms with Crippen molar-refractivity contribution in [2.45, 2.75) is 13.2 Å². The van der Waals surface area contributed by atoms with Gasteiger partial charge in [0.2, 0.25) is 0 Å². The minimum Gasteiger partial charge on any atom is -0.269 e. The SMILES string of the molecule is BBBCC.F. The van der Waals surface area contributed by atoms with Crippen LogP contribution in [0.15, 0.2) is 0 Å². The van der Waals surface area contributed by atoms with E-state index in [0.717, 1.165) is 0 Å². The molecule has 0 aliphatic rings. The molecule has 0 saturated heterocycles. The molecule has 0 fully saturated rings. The first-order valence-corrected chi connectivity index (χ1v) is 2.41. The molecule has 0 saturated carbocycles. The van der Waals surface area contributed by atoms with E-state index in [9.17, 15) is 0 Å². The lowest BCUT2D eigenvalue weighted by Gasteiger charge is -1.72. The van der Waals surface area contributed by atoms with Crippen LogP contribution in [0.1, 0.15) is 6.92 Å². The lowest BCUT2D eigenvalue weighted by atomic mass is 9.27. The second-order valence-electron chi connectivity index (χ2n) is 1.35. The summed E-state index contributed by atoms with van der Waals surface area (Å²) < 4.78 is 0. The summed E-state index contributed by atoms with van der Waals surface area (Å²) in [6.07, 6.45) is 1.34. The third kappa shape index (κ3) is 8.92. The zero-order valence-electron chi connectivity index (χ0n) is 4.53. The minimum absolute atomic E-state index is 0. The standard InChI is InChI=1S/C2H9B3.FH/c1-2-4-5-3;/h4-5H,2-3H2,1H3;1H. The maximum absolute atomic E-state index is 2.21. The normalized spacial score (nSPS) is 5.50. The van der Waals surface area contributed by atoms with Crippen LogP contribution in [-0.4, -0.2) is 22.0 Å². The monoisotopic (exact) mass is 86.1 g/mol. The van der Waals surface area contributed by atoms with Gasteiger partial charge in [0.25, 0.3) is 0 Å². The maximum Gasteiger partial charge on any atom is 0.0776 e. The zero-order chi connectivity index (χ0) is 4.12. The van der Waals surface area contributed by atoms with Crippen molar-refractivity contribution in [3.8, 4) is 0 Å². The molecule has 0 radical (unpaired) electrons. The van der Waals surface area contributed by atoms with Crippen LogP contribution in [-0.2, 0) is 0 Å². The second-order valence-corrected chi connectivity index (χ2v) is 1.35. The molecule has 0 aromatic rings. The molecule has 0 atom stereocenters. The highest BCUT2D eigenvalue weighted by atomic mass is 19.0. The third-order valence-electron chi connectivity index (χ3n) is 0.707. The van der Waals surface area contributed by atoms with Gasteiger partial charge in [0.1, 0.15) is 0 Å². The molecular weight excluding hydrogens is 75.5 g/mol. The minimum atomic E-state index is 0. The van der Waals surface area contributed by atoms with Gasteiger partial charge in [-0.2, -0.15) is 0 Å². The van der Waals surface area contributed by atoms with E-state index >= 15 is 0 Å². The van der Waals surface area contributed by atoms with E-state index in [1.807, 2.05) is 0 Å². The van der Waals surface area contributed by atoms with E-state index in [0.29, 0.717) is 0 Å². The Hall–Kier alpha value is 0.125. The molecule has 34 valence electrons. The Morgan fingerprint density at radius 2 is 2.17 bits per heavy atom. The molecule has 0 aromatic heterocycles. The molecule has 0 heterocycles. The number of hydrogen-bond acceptors (Lipinski definition) is 0. The van der Waals surface area contributed by atoms with Crippen LogP contribution in [0.25, 0.3) is 0 Å². The Kier molecular flexibility index (Phi) is 14.1. The molecular formula is C2H10B3F. The Balaban J connectivity index is 0. The van der Waals surface area contributed by atoms with Gasteiger partial charge in [-0.1, -0.05) is 13.2 Å². The topological polar surface area (TPSA) is 0 Å². The molecule has 0 aliphatic carbocycles. The first-order chi connectivity index (χ1) is 2.41. The van der Waals surface area contributed by atoms with Crippen molar-refractivity contribution in [3.63, 3.8) is 0 Å². The van der Waals surface area contributed by atoms with E-state index in [1.165, 1.54) is 20.6 Å². The van der Waals surface area contributed by atoms with Crippen molar-refractivity contribution in [3.05, 3.63) is 0 Å². The lowest BCUT2D eigenvalue weighted by Crippen LogP contribution is -1.98. The zero-order valence-corrected chi connectivity index (χ0v) is 4.53. The van der Waals surface area contributed by atoms with E-state index in [1.54, 1.807) is 0 Å². The van der Waals surface area contributed by atoms with Crippen molar-refractivity contribution in [2.24, 2.45) is 0 Å². The third-order valence-corrected chi connectivity index (χ3v) is 0.707. The van der Waals surface area contributed by atoms with Gasteiger partial charge in [0.15, 0.2) is 0 Å². The van der Waals surface area contributed by atoms with Crippen molar-refractivity contribution in [1.29, 1.82) is 0 Å².